The summed E-state index contributed by atoms with van der Waals surface area (Å²) in [7, 11) is 2.08. The van der Waals surface area contributed by atoms with Crippen LogP contribution in [0.2, 0.25) is 0 Å². The van der Waals surface area contributed by atoms with Crippen molar-refractivity contribution in [1.82, 2.24) is 15.1 Å². The average Bonchev–Trinajstić information content (AvgIpc) is 2.62. The number of carbonyl (C=O) groups excluding carboxylic acids is 1. The fraction of sp³-hybridized carbons (Fsp3) is 0.696. The largest absolute Gasteiger partial charge is 0.350 e. The van der Waals surface area contributed by atoms with Crippen molar-refractivity contribution < 1.29 is 4.79 Å². The van der Waals surface area contributed by atoms with Gasteiger partial charge in [0, 0.05) is 19.1 Å². The second-order valence-electron chi connectivity index (χ2n) is 9.25. The zero-order chi connectivity index (χ0) is 19.6. The summed E-state index contributed by atoms with van der Waals surface area (Å²) in [4.78, 5) is 17.9. The van der Waals surface area contributed by atoms with Crippen molar-refractivity contribution in [2.75, 3.05) is 26.7 Å². The first-order valence-corrected chi connectivity index (χ1v) is 10.6. The van der Waals surface area contributed by atoms with Gasteiger partial charge >= 0.3 is 0 Å². The third-order valence-electron chi connectivity index (χ3n) is 6.49. The molecule has 4 nitrogen and oxygen atoms in total. The molecule has 0 radical (unpaired) electrons. The lowest BCUT2D eigenvalue weighted by atomic mass is 9.92. The van der Waals surface area contributed by atoms with Crippen molar-refractivity contribution >= 4 is 5.91 Å². The van der Waals surface area contributed by atoms with Crippen LogP contribution in [0.5, 0.6) is 0 Å². The van der Waals surface area contributed by atoms with E-state index in [1.165, 1.54) is 29.5 Å². The number of nitrogens with zero attached hydrogens (tertiary/aromatic N) is 2. The van der Waals surface area contributed by atoms with Crippen LogP contribution in [0.25, 0.3) is 0 Å². The Bertz CT molecular complexity index is 649. The van der Waals surface area contributed by atoms with E-state index in [1.54, 1.807) is 0 Å². The number of likely N-dealkylation sites (tertiary alicyclic amines) is 1. The van der Waals surface area contributed by atoms with Crippen LogP contribution in [0.1, 0.15) is 50.3 Å². The Morgan fingerprint density at radius 3 is 2.59 bits per heavy atom. The lowest BCUT2D eigenvalue weighted by Gasteiger charge is -2.37. The van der Waals surface area contributed by atoms with Crippen LogP contribution in [0.3, 0.4) is 0 Å². The number of nitrogens with one attached hydrogen (secondary N) is 1. The topological polar surface area (TPSA) is 35.6 Å². The molecule has 1 aromatic rings. The first kappa shape index (κ1) is 20.3. The average molecular weight is 372 g/mol. The van der Waals surface area contributed by atoms with E-state index in [2.05, 4.69) is 68.1 Å². The second kappa shape index (κ2) is 8.74. The molecule has 4 heteroatoms. The van der Waals surface area contributed by atoms with Gasteiger partial charge in [0.2, 0.25) is 5.91 Å². The van der Waals surface area contributed by atoms with Gasteiger partial charge in [0.05, 0.1) is 6.04 Å². The predicted octanol–water partition coefficient (Wildman–Crippen LogP) is 3.22. The Hall–Kier alpha value is -1.39. The summed E-state index contributed by atoms with van der Waals surface area (Å²) in [5, 5.41) is 3.40. The molecule has 3 rings (SSSR count). The van der Waals surface area contributed by atoms with Gasteiger partial charge in [-0.3, -0.25) is 9.69 Å². The van der Waals surface area contributed by atoms with Gasteiger partial charge in [0.15, 0.2) is 0 Å². The molecule has 150 valence electrons. The fourth-order valence-corrected chi connectivity index (χ4v) is 4.36. The number of likely N-dealkylation sites (N-methyl/N-ethyl adjacent to an activating group) is 1. The number of hydrogen-bond acceptors (Lipinski definition) is 3. The number of aryl methyl sites for hydroxylation is 1. The van der Waals surface area contributed by atoms with Gasteiger partial charge in [0.25, 0.3) is 0 Å². The molecule has 1 N–H and O–H groups in total. The first-order chi connectivity index (χ1) is 12.8. The maximum absolute atomic E-state index is 13.1. The minimum atomic E-state index is -0.0668. The summed E-state index contributed by atoms with van der Waals surface area (Å²) in [6.45, 7) is 13.1. The normalized spacial score (nSPS) is 23.3. The summed E-state index contributed by atoms with van der Waals surface area (Å²) in [6.07, 6.45) is 3.37. The highest BCUT2D eigenvalue weighted by atomic mass is 16.2. The maximum atomic E-state index is 13.1. The molecule has 1 fully saturated rings. The van der Waals surface area contributed by atoms with Crippen LogP contribution >= 0.6 is 0 Å². The zero-order valence-electron chi connectivity index (χ0n) is 17.8. The SMILES string of the molecule is Cc1ccc2c(c1)CN(C)[C@@H](C(=O)N[C@H](CN1CCC(C)CC1)C(C)C)C2. The van der Waals surface area contributed by atoms with Crippen LogP contribution in [-0.2, 0) is 17.8 Å². The summed E-state index contributed by atoms with van der Waals surface area (Å²) < 4.78 is 0. The quantitative estimate of drug-likeness (QED) is 0.863. The number of fused-ring (bicyclic) bond motifs is 1. The highest BCUT2D eigenvalue weighted by molar-refractivity contribution is 5.82. The van der Waals surface area contributed by atoms with E-state index >= 15 is 0 Å². The molecule has 0 unspecified atom stereocenters. The van der Waals surface area contributed by atoms with Crippen molar-refractivity contribution in [1.29, 1.82) is 0 Å². The molecule has 1 aromatic carbocycles. The lowest BCUT2D eigenvalue weighted by Crippen LogP contribution is -2.55. The molecule has 2 aliphatic rings. The minimum Gasteiger partial charge on any atom is -0.350 e. The van der Waals surface area contributed by atoms with Gasteiger partial charge in [-0.2, -0.15) is 0 Å². The summed E-state index contributed by atoms with van der Waals surface area (Å²) in [6, 6.07) is 6.77. The van der Waals surface area contributed by atoms with Gasteiger partial charge < -0.3 is 10.2 Å². The monoisotopic (exact) mass is 371 g/mol. The molecule has 27 heavy (non-hydrogen) atoms. The fourth-order valence-electron chi connectivity index (χ4n) is 4.36. The number of amides is 1. The maximum Gasteiger partial charge on any atom is 0.237 e. The van der Waals surface area contributed by atoms with E-state index in [9.17, 15) is 4.79 Å². The van der Waals surface area contributed by atoms with E-state index in [1.807, 2.05) is 0 Å². The lowest BCUT2D eigenvalue weighted by molar-refractivity contribution is -0.127. The van der Waals surface area contributed by atoms with E-state index in [-0.39, 0.29) is 18.0 Å². The van der Waals surface area contributed by atoms with Crippen LogP contribution in [0.4, 0.5) is 0 Å². The van der Waals surface area contributed by atoms with E-state index in [4.69, 9.17) is 0 Å². The van der Waals surface area contributed by atoms with Gasteiger partial charge in [-0.25, -0.2) is 0 Å². The molecule has 0 saturated carbocycles. The Labute approximate surface area is 165 Å². The highest BCUT2D eigenvalue weighted by Gasteiger charge is 2.31. The Morgan fingerprint density at radius 1 is 1.22 bits per heavy atom. The molecular weight excluding hydrogens is 334 g/mol. The van der Waals surface area contributed by atoms with Crippen LogP contribution in [0.15, 0.2) is 18.2 Å². The molecular formula is C23H37N3O. The second-order valence-corrected chi connectivity index (χ2v) is 9.25. The molecule has 0 aromatic heterocycles. The molecule has 2 aliphatic heterocycles. The van der Waals surface area contributed by atoms with Crippen molar-refractivity contribution in [3.63, 3.8) is 0 Å². The minimum absolute atomic E-state index is 0.0668. The van der Waals surface area contributed by atoms with Crippen LogP contribution in [0, 0.1) is 18.8 Å². The Kier molecular flexibility index (Phi) is 6.59. The van der Waals surface area contributed by atoms with Crippen LogP contribution in [-0.4, -0.2) is 54.5 Å². The van der Waals surface area contributed by atoms with Gasteiger partial charge in [-0.15, -0.1) is 0 Å². The smallest absolute Gasteiger partial charge is 0.237 e. The first-order valence-electron chi connectivity index (χ1n) is 10.6. The third kappa shape index (κ3) is 5.11. The van der Waals surface area contributed by atoms with Crippen molar-refractivity contribution in [2.24, 2.45) is 11.8 Å². The summed E-state index contributed by atoms with van der Waals surface area (Å²) in [5.74, 6) is 1.47. The Balaban J connectivity index is 1.62. The van der Waals surface area contributed by atoms with Crippen LogP contribution < -0.4 is 5.32 Å². The van der Waals surface area contributed by atoms with E-state index in [0.29, 0.717) is 5.92 Å². The molecule has 0 aliphatic carbocycles. The van der Waals surface area contributed by atoms with Gasteiger partial charge in [-0.05, 0) is 69.3 Å². The molecule has 0 bridgehead atoms. The third-order valence-corrected chi connectivity index (χ3v) is 6.49. The van der Waals surface area contributed by atoms with Gasteiger partial charge in [0.1, 0.15) is 0 Å². The van der Waals surface area contributed by atoms with Gasteiger partial charge in [-0.1, -0.05) is 44.5 Å². The molecule has 1 saturated heterocycles. The number of piperidine rings is 1. The molecule has 1 amide bonds. The predicted molar refractivity (Wildman–Crippen MR) is 112 cm³/mol. The number of benzene rings is 1. The standard InChI is InChI=1S/C23H37N3O/c1-16(2)21(15-26-10-8-17(3)9-11-26)24-23(27)22-13-19-7-6-18(4)12-20(19)14-25(22)5/h6-7,12,16-17,21-22H,8-11,13-15H2,1-5H3,(H,24,27)/t21-,22-/m1/s1. The Morgan fingerprint density at radius 2 is 1.93 bits per heavy atom. The summed E-state index contributed by atoms with van der Waals surface area (Å²) >= 11 is 0. The number of carbonyl (C=O) groups is 1. The zero-order valence-corrected chi connectivity index (χ0v) is 17.8. The molecule has 2 atom stereocenters. The summed E-state index contributed by atoms with van der Waals surface area (Å²) in [5.41, 5.74) is 3.98. The van der Waals surface area contributed by atoms with Crippen molar-refractivity contribution in [2.45, 2.75) is 65.6 Å². The molecule has 0 spiro atoms. The highest BCUT2D eigenvalue weighted by Crippen LogP contribution is 2.24. The van der Waals surface area contributed by atoms with E-state index < -0.39 is 0 Å². The van der Waals surface area contributed by atoms with Crippen molar-refractivity contribution in [3.05, 3.63) is 34.9 Å². The van der Waals surface area contributed by atoms with Crippen molar-refractivity contribution in [3.8, 4) is 0 Å². The van der Waals surface area contributed by atoms with E-state index in [0.717, 1.165) is 38.5 Å². The molecule has 2 heterocycles. The number of hydrogen-bond donors (Lipinski definition) is 1. The number of rotatable bonds is 5.